The molecule has 0 bridgehead atoms. The Morgan fingerprint density at radius 3 is 2.44 bits per heavy atom. The van der Waals surface area contributed by atoms with Gasteiger partial charge in [0.1, 0.15) is 6.04 Å². The van der Waals surface area contributed by atoms with Gasteiger partial charge in [0.05, 0.1) is 16.3 Å². The maximum atomic E-state index is 12.8. The lowest BCUT2D eigenvalue weighted by Gasteiger charge is -2.23. The van der Waals surface area contributed by atoms with Crippen LogP contribution in [0.4, 0.5) is 18.9 Å². The van der Waals surface area contributed by atoms with Gasteiger partial charge in [-0.2, -0.15) is 13.2 Å². The van der Waals surface area contributed by atoms with Gasteiger partial charge in [0.25, 0.3) is 0 Å². The van der Waals surface area contributed by atoms with Crippen LogP contribution >= 0.6 is 11.6 Å². The molecule has 146 valence electrons. The van der Waals surface area contributed by atoms with Gasteiger partial charge in [-0.1, -0.05) is 31.5 Å². The summed E-state index contributed by atoms with van der Waals surface area (Å²) in [6.07, 6.45) is -2.79. The summed E-state index contributed by atoms with van der Waals surface area (Å²) >= 11 is 5.97. The van der Waals surface area contributed by atoms with E-state index in [1.54, 1.807) is 6.20 Å². The second kappa shape index (κ2) is 8.61. The second-order valence-corrected chi connectivity index (χ2v) is 6.99. The highest BCUT2D eigenvalue weighted by Crippen LogP contribution is 2.34. The minimum atomic E-state index is -4.47. The molecule has 0 saturated carbocycles. The molecule has 0 saturated heterocycles. The number of carbonyl (C=O) groups is 1. The van der Waals surface area contributed by atoms with Crippen molar-refractivity contribution < 1.29 is 18.0 Å². The first-order chi connectivity index (χ1) is 12.6. The Kier molecular flexibility index (Phi) is 6.70. The fourth-order valence-corrected chi connectivity index (χ4v) is 2.65. The summed E-state index contributed by atoms with van der Waals surface area (Å²) in [5.74, 6) is -0.388. The fourth-order valence-electron chi connectivity index (χ4n) is 2.41. The first kappa shape index (κ1) is 21.0. The van der Waals surface area contributed by atoms with Gasteiger partial charge in [-0.3, -0.25) is 9.78 Å². The van der Waals surface area contributed by atoms with Crippen molar-refractivity contribution >= 4 is 23.2 Å². The molecule has 8 heteroatoms. The summed E-state index contributed by atoms with van der Waals surface area (Å²) < 4.78 is 38.3. The largest absolute Gasteiger partial charge is 0.416 e. The number of benzene rings is 1. The Morgan fingerprint density at radius 2 is 1.93 bits per heavy atom. The third-order valence-corrected chi connectivity index (χ3v) is 4.31. The Morgan fingerprint density at radius 1 is 1.22 bits per heavy atom. The van der Waals surface area contributed by atoms with E-state index >= 15 is 0 Å². The highest BCUT2D eigenvalue weighted by molar-refractivity contribution is 6.33. The van der Waals surface area contributed by atoms with E-state index in [1.165, 1.54) is 6.07 Å². The molecule has 1 amide bonds. The van der Waals surface area contributed by atoms with E-state index in [-0.39, 0.29) is 22.5 Å². The molecule has 1 heterocycles. The molecule has 0 fully saturated rings. The highest BCUT2D eigenvalue weighted by atomic mass is 35.5. The Labute approximate surface area is 161 Å². The minimum Gasteiger partial charge on any atom is -0.372 e. The summed E-state index contributed by atoms with van der Waals surface area (Å²) in [6, 6.07) is 6.07. The molecular formula is C19H21ClF3N3O. The molecular weight excluding hydrogens is 379 g/mol. The van der Waals surface area contributed by atoms with Gasteiger partial charge in [0.2, 0.25) is 5.91 Å². The molecule has 27 heavy (non-hydrogen) atoms. The van der Waals surface area contributed by atoms with Crippen molar-refractivity contribution in [2.75, 3.05) is 5.32 Å². The summed E-state index contributed by atoms with van der Waals surface area (Å²) in [5, 5.41) is 5.66. The number of pyridine rings is 1. The third kappa shape index (κ3) is 5.85. The Balaban J connectivity index is 2.08. The van der Waals surface area contributed by atoms with E-state index < -0.39 is 17.8 Å². The van der Waals surface area contributed by atoms with Crippen LogP contribution in [0.2, 0.25) is 5.02 Å². The van der Waals surface area contributed by atoms with Gasteiger partial charge in [-0.15, -0.1) is 0 Å². The van der Waals surface area contributed by atoms with Crippen molar-refractivity contribution in [1.29, 1.82) is 0 Å². The number of aromatic nitrogens is 1. The van der Waals surface area contributed by atoms with E-state index in [2.05, 4.69) is 15.6 Å². The number of aryl methyl sites for hydroxylation is 1. The van der Waals surface area contributed by atoms with Gasteiger partial charge >= 0.3 is 6.18 Å². The summed E-state index contributed by atoms with van der Waals surface area (Å²) in [5.41, 5.74) is 1.17. The number of nitrogens with zero attached hydrogens (tertiary/aromatic N) is 1. The molecule has 1 atom stereocenters. The average Bonchev–Trinajstić information content (AvgIpc) is 2.58. The molecule has 2 rings (SSSR count). The number of hydrogen-bond donors (Lipinski definition) is 2. The van der Waals surface area contributed by atoms with Gasteiger partial charge in [0, 0.05) is 18.4 Å². The van der Waals surface area contributed by atoms with Crippen LogP contribution in [0.5, 0.6) is 0 Å². The lowest BCUT2D eigenvalue weighted by Crippen LogP contribution is -2.42. The first-order valence-corrected chi connectivity index (χ1v) is 8.78. The molecule has 0 aliphatic heterocycles. The van der Waals surface area contributed by atoms with Gasteiger partial charge < -0.3 is 10.6 Å². The number of nitrogens with one attached hydrogen (secondary N) is 2. The van der Waals surface area contributed by atoms with Gasteiger partial charge in [-0.05, 0) is 42.7 Å². The maximum Gasteiger partial charge on any atom is 0.416 e. The van der Waals surface area contributed by atoms with Gasteiger partial charge in [0.15, 0.2) is 0 Å². The first-order valence-electron chi connectivity index (χ1n) is 8.40. The smallest absolute Gasteiger partial charge is 0.372 e. The highest BCUT2D eigenvalue weighted by Gasteiger charge is 2.31. The summed E-state index contributed by atoms with van der Waals surface area (Å²) in [4.78, 5) is 16.7. The van der Waals surface area contributed by atoms with Crippen LogP contribution in [0, 0.1) is 12.8 Å². The van der Waals surface area contributed by atoms with Crippen molar-refractivity contribution in [3.05, 3.63) is 58.4 Å². The van der Waals surface area contributed by atoms with E-state index in [4.69, 9.17) is 11.6 Å². The topological polar surface area (TPSA) is 54.0 Å². The Bertz CT molecular complexity index is 792. The molecule has 1 aromatic carbocycles. The van der Waals surface area contributed by atoms with Gasteiger partial charge in [-0.25, -0.2) is 0 Å². The monoisotopic (exact) mass is 399 g/mol. The van der Waals surface area contributed by atoms with Crippen molar-refractivity contribution in [2.24, 2.45) is 5.92 Å². The molecule has 0 unspecified atom stereocenters. The average molecular weight is 400 g/mol. The van der Waals surface area contributed by atoms with E-state index in [0.717, 1.165) is 23.4 Å². The number of halogens is 4. The van der Waals surface area contributed by atoms with Crippen LogP contribution in [-0.2, 0) is 17.5 Å². The summed E-state index contributed by atoms with van der Waals surface area (Å²) in [6.45, 7) is 5.85. The maximum absolute atomic E-state index is 12.8. The normalized spacial score (nSPS) is 12.7. The van der Waals surface area contributed by atoms with Crippen LogP contribution in [0.3, 0.4) is 0 Å². The van der Waals surface area contributed by atoms with Crippen molar-refractivity contribution in [3.63, 3.8) is 0 Å². The zero-order valence-electron chi connectivity index (χ0n) is 15.2. The standard InChI is InChI=1S/C19H21ClF3N3O/c1-11(2)17(18(27)25-10-13-5-4-12(3)24-9-13)26-16-7-6-14(8-15(16)20)19(21,22)23/h4-9,11,17,26H,10H2,1-3H3,(H,25,27)/t17-/m0/s1. The quantitative estimate of drug-likeness (QED) is 0.732. The third-order valence-electron chi connectivity index (χ3n) is 4.00. The van der Waals surface area contributed by atoms with Crippen molar-refractivity contribution in [2.45, 2.75) is 39.5 Å². The van der Waals surface area contributed by atoms with Crippen LogP contribution in [0.1, 0.15) is 30.7 Å². The predicted molar refractivity (Wildman–Crippen MR) is 99.5 cm³/mol. The molecule has 4 nitrogen and oxygen atoms in total. The molecule has 1 aromatic heterocycles. The number of anilines is 1. The number of carbonyl (C=O) groups excluding carboxylic acids is 1. The zero-order valence-corrected chi connectivity index (χ0v) is 15.9. The van der Waals surface area contributed by atoms with Crippen molar-refractivity contribution in [1.82, 2.24) is 10.3 Å². The van der Waals surface area contributed by atoms with Crippen molar-refractivity contribution in [3.8, 4) is 0 Å². The molecule has 0 radical (unpaired) electrons. The summed E-state index contributed by atoms with van der Waals surface area (Å²) in [7, 11) is 0. The molecule has 0 aliphatic rings. The number of alkyl halides is 3. The number of hydrogen-bond acceptors (Lipinski definition) is 3. The lowest BCUT2D eigenvalue weighted by atomic mass is 10.0. The van der Waals surface area contributed by atoms with E-state index in [1.807, 2.05) is 32.9 Å². The second-order valence-electron chi connectivity index (χ2n) is 6.58. The van der Waals surface area contributed by atoms with E-state index in [9.17, 15) is 18.0 Å². The van der Waals surface area contributed by atoms with Crippen LogP contribution in [-0.4, -0.2) is 16.9 Å². The minimum absolute atomic E-state index is 0.0917. The SMILES string of the molecule is Cc1ccc(CNC(=O)[C@@H](Nc2ccc(C(F)(F)F)cc2Cl)C(C)C)cn1. The molecule has 2 aromatic rings. The molecule has 0 spiro atoms. The van der Waals surface area contributed by atoms with Crippen LogP contribution in [0.15, 0.2) is 36.5 Å². The van der Waals surface area contributed by atoms with Crippen LogP contribution < -0.4 is 10.6 Å². The van der Waals surface area contributed by atoms with E-state index in [0.29, 0.717) is 6.54 Å². The fraction of sp³-hybridized carbons (Fsp3) is 0.368. The number of rotatable bonds is 6. The van der Waals surface area contributed by atoms with Crippen LogP contribution in [0.25, 0.3) is 0 Å². The molecule has 2 N–H and O–H groups in total. The number of amides is 1. The predicted octanol–water partition coefficient (Wildman–Crippen LogP) is 4.82. The Hall–Kier alpha value is -2.28. The zero-order chi connectivity index (χ0) is 20.2. The molecule has 0 aliphatic carbocycles. The lowest BCUT2D eigenvalue weighted by molar-refractivity contribution is -0.137.